The normalized spacial score (nSPS) is 10.6. The highest BCUT2D eigenvalue weighted by atomic mass is 35.5. The molecule has 3 aromatic rings. The number of nitro benzene ring substituents is 1. The van der Waals surface area contributed by atoms with Crippen LogP contribution in [0.3, 0.4) is 0 Å². The van der Waals surface area contributed by atoms with Gasteiger partial charge in [0.25, 0.3) is 5.89 Å². The van der Waals surface area contributed by atoms with Gasteiger partial charge in [0.1, 0.15) is 0 Å². The molecule has 9 heteroatoms. The molecule has 7 nitrogen and oxygen atoms in total. The van der Waals surface area contributed by atoms with Crippen molar-refractivity contribution in [3.05, 3.63) is 69.3 Å². The van der Waals surface area contributed by atoms with Crippen molar-refractivity contribution < 1.29 is 18.5 Å². The van der Waals surface area contributed by atoms with Crippen LogP contribution in [0.2, 0.25) is 5.02 Å². The first-order chi connectivity index (χ1) is 11.5. The topological polar surface area (TPSA) is 91.3 Å². The average molecular weight is 350 g/mol. The molecule has 1 aromatic heterocycles. The van der Waals surface area contributed by atoms with E-state index >= 15 is 0 Å². The molecule has 0 fully saturated rings. The van der Waals surface area contributed by atoms with Gasteiger partial charge in [-0.15, -0.1) is 10.2 Å². The Labute approximate surface area is 139 Å². The summed E-state index contributed by atoms with van der Waals surface area (Å²) in [5.41, 5.74) is 0.169. The van der Waals surface area contributed by atoms with E-state index in [2.05, 4.69) is 10.2 Å². The monoisotopic (exact) mass is 349 g/mol. The third-order valence-corrected chi connectivity index (χ3v) is 3.29. The second-order valence-electron chi connectivity index (χ2n) is 4.64. The van der Waals surface area contributed by atoms with Crippen LogP contribution in [0.1, 0.15) is 5.89 Å². The van der Waals surface area contributed by atoms with Gasteiger partial charge in [-0.05, 0) is 30.3 Å². The number of nitro groups is 1. The molecule has 122 valence electrons. The Morgan fingerprint density at radius 2 is 1.96 bits per heavy atom. The van der Waals surface area contributed by atoms with Crippen molar-refractivity contribution in [1.29, 1.82) is 0 Å². The molecular weight excluding hydrogens is 341 g/mol. The van der Waals surface area contributed by atoms with Gasteiger partial charge in [0.2, 0.25) is 11.6 Å². The number of hydrogen-bond donors (Lipinski definition) is 0. The number of ether oxygens (including phenoxy) is 1. The summed E-state index contributed by atoms with van der Waals surface area (Å²) in [5.74, 6) is -1.04. The molecule has 0 saturated heterocycles. The number of aromatic nitrogens is 2. The summed E-state index contributed by atoms with van der Waals surface area (Å²) in [6, 6.07) is 10.2. The molecule has 0 N–H and O–H groups in total. The van der Waals surface area contributed by atoms with Gasteiger partial charge in [0.15, 0.2) is 12.4 Å². The van der Waals surface area contributed by atoms with Crippen LogP contribution in [-0.4, -0.2) is 15.1 Å². The predicted octanol–water partition coefficient (Wildman–Crippen LogP) is 4.02. The Hall–Kier alpha value is -3.00. The third-order valence-electron chi connectivity index (χ3n) is 3.04. The Bertz CT molecular complexity index is 883. The lowest BCUT2D eigenvalue weighted by atomic mass is 10.2. The molecule has 0 unspecified atom stereocenters. The Kier molecular flexibility index (Phi) is 4.39. The van der Waals surface area contributed by atoms with Crippen LogP contribution in [0.15, 0.2) is 46.9 Å². The van der Waals surface area contributed by atoms with Gasteiger partial charge in [-0.2, -0.15) is 0 Å². The molecular formula is C15H9ClFN3O4. The zero-order valence-corrected chi connectivity index (χ0v) is 12.7. The van der Waals surface area contributed by atoms with E-state index in [1.54, 1.807) is 24.3 Å². The minimum absolute atomic E-state index is 0.0532. The highest BCUT2D eigenvalue weighted by Crippen LogP contribution is 2.30. The van der Waals surface area contributed by atoms with E-state index in [0.717, 1.165) is 12.1 Å². The lowest BCUT2D eigenvalue weighted by Gasteiger charge is -2.05. The highest BCUT2D eigenvalue weighted by Gasteiger charge is 2.20. The van der Waals surface area contributed by atoms with E-state index < -0.39 is 22.2 Å². The van der Waals surface area contributed by atoms with Gasteiger partial charge in [0.05, 0.1) is 4.92 Å². The fourth-order valence-electron chi connectivity index (χ4n) is 1.94. The molecule has 0 radical (unpaired) electrons. The standard InChI is InChI=1S/C15H9ClFN3O4/c16-10-6-4-9(5-7-10)15-19-18-13(24-15)8-23-14-11(17)2-1-3-12(14)20(21)22/h1-7H,8H2. The minimum Gasteiger partial charge on any atom is -0.475 e. The van der Waals surface area contributed by atoms with E-state index in [0.29, 0.717) is 10.6 Å². The molecule has 0 aliphatic heterocycles. The third kappa shape index (κ3) is 3.33. The molecule has 1 heterocycles. The molecule has 0 amide bonds. The minimum atomic E-state index is -0.846. The quantitative estimate of drug-likeness (QED) is 0.510. The van der Waals surface area contributed by atoms with Crippen molar-refractivity contribution in [1.82, 2.24) is 10.2 Å². The van der Waals surface area contributed by atoms with E-state index in [9.17, 15) is 14.5 Å². The number of benzene rings is 2. The smallest absolute Gasteiger partial charge is 0.314 e. The van der Waals surface area contributed by atoms with Crippen LogP contribution < -0.4 is 4.74 Å². The molecule has 24 heavy (non-hydrogen) atoms. The Balaban J connectivity index is 1.77. The Morgan fingerprint density at radius 1 is 1.21 bits per heavy atom. The van der Waals surface area contributed by atoms with E-state index in [-0.39, 0.29) is 18.4 Å². The molecule has 3 rings (SSSR count). The molecule has 0 aliphatic carbocycles. The van der Waals surface area contributed by atoms with Gasteiger partial charge < -0.3 is 9.15 Å². The van der Waals surface area contributed by atoms with Crippen LogP contribution in [-0.2, 0) is 6.61 Å². The first-order valence-corrected chi connectivity index (χ1v) is 7.06. The largest absolute Gasteiger partial charge is 0.475 e. The SMILES string of the molecule is O=[N+]([O-])c1cccc(F)c1OCc1nnc(-c2ccc(Cl)cc2)o1. The lowest BCUT2D eigenvalue weighted by molar-refractivity contribution is -0.386. The van der Waals surface area contributed by atoms with Gasteiger partial charge in [-0.1, -0.05) is 17.7 Å². The van der Waals surface area contributed by atoms with Crippen LogP contribution in [0, 0.1) is 15.9 Å². The van der Waals surface area contributed by atoms with E-state index in [1.165, 1.54) is 6.07 Å². The van der Waals surface area contributed by atoms with Crippen LogP contribution in [0.25, 0.3) is 11.5 Å². The van der Waals surface area contributed by atoms with Crippen molar-refractivity contribution in [2.24, 2.45) is 0 Å². The first kappa shape index (κ1) is 15.9. The second-order valence-corrected chi connectivity index (χ2v) is 5.08. The summed E-state index contributed by atoms with van der Waals surface area (Å²) in [4.78, 5) is 10.2. The predicted molar refractivity (Wildman–Crippen MR) is 82.1 cm³/mol. The van der Waals surface area contributed by atoms with E-state index in [1.807, 2.05) is 0 Å². The summed E-state index contributed by atoms with van der Waals surface area (Å²) < 4.78 is 24.3. The van der Waals surface area contributed by atoms with Crippen molar-refractivity contribution in [2.45, 2.75) is 6.61 Å². The van der Waals surface area contributed by atoms with Gasteiger partial charge in [0, 0.05) is 16.7 Å². The van der Waals surface area contributed by atoms with Crippen molar-refractivity contribution >= 4 is 17.3 Å². The maximum absolute atomic E-state index is 13.7. The Morgan fingerprint density at radius 3 is 2.67 bits per heavy atom. The van der Waals surface area contributed by atoms with Crippen LogP contribution >= 0.6 is 11.6 Å². The summed E-state index contributed by atoms with van der Waals surface area (Å²) in [6.07, 6.45) is 0. The van der Waals surface area contributed by atoms with Gasteiger partial charge in [-0.3, -0.25) is 10.1 Å². The first-order valence-electron chi connectivity index (χ1n) is 6.68. The van der Waals surface area contributed by atoms with E-state index in [4.69, 9.17) is 20.8 Å². The number of halogens is 2. The number of rotatable bonds is 5. The fourth-order valence-corrected chi connectivity index (χ4v) is 2.07. The average Bonchev–Trinajstić information content (AvgIpc) is 3.03. The fraction of sp³-hybridized carbons (Fsp3) is 0.0667. The van der Waals surface area contributed by atoms with Crippen molar-refractivity contribution in [3.63, 3.8) is 0 Å². The van der Waals surface area contributed by atoms with Crippen molar-refractivity contribution in [2.75, 3.05) is 0 Å². The van der Waals surface area contributed by atoms with Gasteiger partial charge in [-0.25, -0.2) is 4.39 Å². The number of para-hydroxylation sites is 1. The highest BCUT2D eigenvalue weighted by molar-refractivity contribution is 6.30. The molecule has 2 aromatic carbocycles. The van der Waals surface area contributed by atoms with Crippen LogP contribution in [0.5, 0.6) is 5.75 Å². The maximum atomic E-state index is 13.7. The summed E-state index contributed by atoms with van der Waals surface area (Å²) in [7, 11) is 0. The second kappa shape index (κ2) is 6.63. The molecule has 0 saturated carbocycles. The zero-order valence-electron chi connectivity index (χ0n) is 12.0. The molecule has 0 bridgehead atoms. The molecule has 0 atom stereocenters. The maximum Gasteiger partial charge on any atom is 0.314 e. The van der Waals surface area contributed by atoms with Crippen molar-refractivity contribution in [3.8, 4) is 17.2 Å². The lowest BCUT2D eigenvalue weighted by Crippen LogP contribution is -2.01. The molecule has 0 spiro atoms. The number of hydrogen-bond acceptors (Lipinski definition) is 6. The van der Waals surface area contributed by atoms with Crippen LogP contribution in [0.4, 0.5) is 10.1 Å². The molecule has 0 aliphatic rings. The summed E-state index contributed by atoms with van der Waals surface area (Å²) >= 11 is 5.80. The summed E-state index contributed by atoms with van der Waals surface area (Å²) in [6.45, 7) is -0.303. The van der Waals surface area contributed by atoms with Gasteiger partial charge >= 0.3 is 5.69 Å². The summed E-state index contributed by atoms with van der Waals surface area (Å²) in [5, 5.41) is 19.1. The zero-order chi connectivity index (χ0) is 17.1. The number of nitrogens with zero attached hydrogens (tertiary/aromatic N) is 3.